The number of aryl methyl sites for hydroxylation is 2. The van der Waals surface area contributed by atoms with Gasteiger partial charge in [-0.05, 0) is 49.2 Å². The summed E-state index contributed by atoms with van der Waals surface area (Å²) in [5.41, 5.74) is 4.45. The molecule has 0 atom stereocenters. The van der Waals surface area contributed by atoms with Gasteiger partial charge in [0.25, 0.3) is 0 Å². The second-order valence-electron chi connectivity index (χ2n) is 6.88. The second kappa shape index (κ2) is 6.99. The summed E-state index contributed by atoms with van der Waals surface area (Å²) in [6.45, 7) is 5.26. The number of hydrogen-bond donors (Lipinski definition) is 0. The molecule has 0 spiro atoms. The first-order valence-electron chi connectivity index (χ1n) is 9.21. The van der Waals surface area contributed by atoms with E-state index >= 15 is 0 Å². The van der Waals surface area contributed by atoms with Gasteiger partial charge in [0, 0.05) is 34.8 Å². The van der Waals surface area contributed by atoms with Crippen molar-refractivity contribution in [2.75, 3.05) is 18.7 Å². The highest BCUT2D eigenvalue weighted by Gasteiger charge is 2.23. The standard InChI is InChI=1S/C22H23NO4/c1-4-5-15-11-20(24)27-22-14(2)21-16(10-19(15)22)12-23(13-26-21)17-6-8-18(25-3)9-7-17/h6-11H,4-5,12-13H2,1-3H3. The lowest BCUT2D eigenvalue weighted by Crippen LogP contribution is -2.32. The highest BCUT2D eigenvalue weighted by molar-refractivity contribution is 5.86. The van der Waals surface area contributed by atoms with Gasteiger partial charge in [0.05, 0.1) is 7.11 Å². The van der Waals surface area contributed by atoms with Crippen LogP contribution in [-0.4, -0.2) is 13.8 Å². The minimum atomic E-state index is -0.301. The summed E-state index contributed by atoms with van der Waals surface area (Å²) in [6.07, 6.45) is 1.83. The lowest BCUT2D eigenvalue weighted by molar-refractivity contribution is 0.287. The van der Waals surface area contributed by atoms with Crippen molar-refractivity contribution in [3.63, 3.8) is 0 Å². The summed E-state index contributed by atoms with van der Waals surface area (Å²) >= 11 is 0. The van der Waals surface area contributed by atoms with E-state index in [9.17, 15) is 4.79 Å². The van der Waals surface area contributed by atoms with Crippen molar-refractivity contribution in [1.29, 1.82) is 0 Å². The number of methoxy groups -OCH3 is 1. The molecule has 3 aromatic rings. The Bertz CT molecular complexity index is 1040. The van der Waals surface area contributed by atoms with Gasteiger partial charge in [-0.3, -0.25) is 0 Å². The largest absolute Gasteiger partial charge is 0.497 e. The summed E-state index contributed by atoms with van der Waals surface area (Å²) in [5.74, 6) is 1.65. The summed E-state index contributed by atoms with van der Waals surface area (Å²) in [6, 6.07) is 11.7. The molecule has 5 heteroatoms. The van der Waals surface area contributed by atoms with E-state index in [0.29, 0.717) is 12.3 Å². The van der Waals surface area contributed by atoms with E-state index in [4.69, 9.17) is 13.9 Å². The maximum absolute atomic E-state index is 12.0. The Hall–Kier alpha value is -2.95. The molecule has 0 N–H and O–H groups in total. The maximum atomic E-state index is 12.0. The molecule has 0 radical (unpaired) electrons. The second-order valence-corrected chi connectivity index (χ2v) is 6.88. The van der Waals surface area contributed by atoms with Gasteiger partial charge in [-0.25, -0.2) is 4.79 Å². The molecular weight excluding hydrogens is 342 g/mol. The molecule has 0 saturated heterocycles. The third-order valence-corrected chi connectivity index (χ3v) is 5.06. The van der Waals surface area contributed by atoms with Crippen LogP contribution in [0.5, 0.6) is 11.5 Å². The van der Waals surface area contributed by atoms with E-state index in [1.807, 2.05) is 31.2 Å². The fourth-order valence-corrected chi connectivity index (χ4v) is 3.72. The summed E-state index contributed by atoms with van der Waals surface area (Å²) in [7, 11) is 1.66. The molecule has 0 amide bonds. The molecule has 0 saturated carbocycles. The Kier molecular flexibility index (Phi) is 4.52. The van der Waals surface area contributed by atoms with Crippen LogP contribution < -0.4 is 20.0 Å². The zero-order valence-corrected chi connectivity index (χ0v) is 15.9. The van der Waals surface area contributed by atoms with E-state index in [0.717, 1.165) is 58.6 Å². The maximum Gasteiger partial charge on any atom is 0.336 e. The van der Waals surface area contributed by atoms with Crippen LogP contribution in [0.15, 0.2) is 45.6 Å². The highest BCUT2D eigenvalue weighted by atomic mass is 16.5. The van der Waals surface area contributed by atoms with Crippen molar-refractivity contribution in [2.24, 2.45) is 0 Å². The number of hydrogen-bond acceptors (Lipinski definition) is 5. The first kappa shape index (κ1) is 17.5. The van der Waals surface area contributed by atoms with Gasteiger partial charge in [-0.15, -0.1) is 0 Å². The van der Waals surface area contributed by atoms with E-state index in [2.05, 4.69) is 17.9 Å². The molecule has 4 rings (SSSR count). The Morgan fingerprint density at radius 1 is 1.19 bits per heavy atom. The van der Waals surface area contributed by atoms with Crippen LogP contribution >= 0.6 is 0 Å². The third-order valence-electron chi connectivity index (χ3n) is 5.06. The van der Waals surface area contributed by atoms with Crippen LogP contribution in [0, 0.1) is 6.92 Å². The van der Waals surface area contributed by atoms with Crippen molar-refractivity contribution in [1.82, 2.24) is 0 Å². The van der Waals surface area contributed by atoms with Crippen molar-refractivity contribution < 1.29 is 13.9 Å². The van der Waals surface area contributed by atoms with Crippen LogP contribution in [0.3, 0.4) is 0 Å². The van der Waals surface area contributed by atoms with Gasteiger partial charge in [0.2, 0.25) is 0 Å². The van der Waals surface area contributed by atoms with E-state index in [1.165, 1.54) is 0 Å². The molecule has 27 heavy (non-hydrogen) atoms. The van der Waals surface area contributed by atoms with Crippen LogP contribution in [-0.2, 0) is 13.0 Å². The monoisotopic (exact) mass is 365 g/mol. The quantitative estimate of drug-likeness (QED) is 0.641. The predicted molar refractivity (Wildman–Crippen MR) is 106 cm³/mol. The SMILES string of the molecule is CCCc1cc(=O)oc2c(C)c3c(cc12)CN(c1ccc(OC)cc1)CO3. The van der Waals surface area contributed by atoms with Crippen molar-refractivity contribution in [2.45, 2.75) is 33.2 Å². The number of rotatable bonds is 4. The number of benzene rings is 2. The molecular formula is C22H23NO4. The first-order valence-corrected chi connectivity index (χ1v) is 9.21. The molecule has 1 aliphatic heterocycles. The molecule has 0 fully saturated rings. The molecule has 5 nitrogen and oxygen atoms in total. The fourth-order valence-electron chi connectivity index (χ4n) is 3.72. The highest BCUT2D eigenvalue weighted by Crippen LogP contribution is 2.37. The van der Waals surface area contributed by atoms with E-state index in [1.54, 1.807) is 13.2 Å². The molecule has 1 aromatic heterocycles. The fraction of sp³-hybridized carbons (Fsp3) is 0.318. The minimum absolute atomic E-state index is 0.301. The average molecular weight is 365 g/mol. The molecule has 2 heterocycles. The zero-order chi connectivity index (χ0) is 19.0. The molecule has 0 bridgehead atoms. The lowest BCUT2D eigenvalue weighted by atomic mass is 9.98. The molecule has 140 valence electrons. The predicted octanol–water partition coefficient (Wildman–Crippen LogP) is 4.42. The van der Waals surface area contributed by atoms with Crippen LogP contribution in [0.4, 0.5) is 5.69 Å². The van der Waals surface area contributed by atoms with Gasteiger partial charge < -0.3 is 18.8 Å². The first-order chi connectivity index (χ1) is 13.1. The molecule has 0 unspecified atom stereocenters. The van der Waals surface area contributed by atoms with Crippen LogP contribution in [0.1, 0.15) is 30.0 Å². The topological polar surface area (TPSA) is 51.9 Å². The van der Waals surface area contributed by atoms with Crippen LogP contribution in [0.25, 0.3) is 11.0 Å². The van der Waals surface area contributed by atoms with Gasteiger partial charge in [-0.2, -0.15) is 0 Å². The Balaban J connectivity index is 1.77. The number of nitrogens with zero attached hydrogens (tertiary/aromatic N) is 1. The van der Waals surface area contributed by atoms with Crippen molar-refractivity contribution in [3.8, 4) is 11.5 Å². The van der Waals surface area contributed by atoms with E-state index < -0.39 is 0 Å². The third kappa shape index (κ3) is 3.14. The normalized spacial score (nSPS) is 13.4. The number of fused-ring (bicyclic) bond motifs is 2. The van der Waals surface area contributed by atoms with Gasteiger partial charge in [0.15, 0.2) is 6.73 Å². The summed E-state index contributed by atoms with van der Waals surface area (Å²) in [4.78, 5) is 14.1. The van der Waals surface area contributed by atoms with Crippen molar-refractivity contribution in [3.05, 3.63) is 63.5 Å². The average Bonchev–Trinajstić information content (AvgIpc) is 2.69. The molecule has 0 aliphatic carbocycles. The van der Waals surface area contributed by atoms with Gasteiger partial charge >= 0.3 is 5.63 Å². The van der Waals surface area contributed by atoms with E-state index in [-0.39, 0.29) is 5.63 Å². The Morgan fingerprint density at radius 3 is 2.67 bits per heavy atom. The Labute approximate surface area is 158 Å². The summed E-state index contributed by atoms with van der Waals surface area (Å²) in [5, 5.41) is 1.01. The molecule has 1 aliphatic rings. The summed E-state index contributed by atoms with van der Waals surface area (Å²) < 4.78 is 16.8. The van der Waals surface area contributed by atoms with Gasteiger partial charge in [-0.1, -0.05) is 13.3 Å². The molecule has 2 aromatic carbocycles. The van der Waals surface area contributed by atoms with Crippen molar-refractivity contribution >= 4 is 16.7 Å². The Morgan fingerprint density at radius 2 is 1.96 bits per heavy atom. The zero-order valence-electron chi connectivity index (χ0n) is 15.9. The van der Waals surface area contributed by atoms with Gasteiger partial charge in [0.1, 0.15) is 17.1 Å². The number of ether oxygens (including phenoxy) is 2. The lowest BCUT2D eigenvalue weighted by Gasteiger charge is -2.32. The smallest absolute Gasteiger partial charge is 0.336 e. The van der Waals surface area contributed by atoms with Crippen LogP contribution in [0.2, 0.25) is 0 Å². The minimum Gasteiger partial charge on any atom is -0.497 e. The number of anilines is 1.